The minimum Gasteiger partial charge on any atom is -0.306 e. The summed E-state index contributed by atoms with van der Waals surface area (Å²) in [6, 6.07) is 8.59. The van der Waals surface area contributed by atoms with E-state index in [2.05, 4.69) is 53.5 Å². The fourth-order valence-electron chi connectivity index (χ4n) is 2.78. The van der Waals surface area contributed by atoms with Crippen molar-refractivity contribution >= 4 is 10.8 Å². The molecule has 1 N–H and O–H groups in total. The fourth-order valence-corrected chi connectivity index (χ4v) is 2.78. The molecule has 0 saturated heterocycles. The van der Waals surface area contributed by atoms with E-state index in [-0.39, 0.29) is 6.04 Å². The summed E-state index contributed by atoms with van der Waals surface area (Å²) in [4.78, 5) is 4.29. The summed E-state index contributed by atoms with van der Waals surface area (Å²) in [5, 5.41) is 10.4. The van der Waals surface area contributed by atoms with E-state index in [1.165, 1.54) is 27.6 Å². The van der Waals surface area contributed by atoms with Crippen LogP contribution in [-0.4, -0.2) is 21.3 Å². The molecule has 0 fully saturated rings. The second-order valence-corrected chi connectivity index (χ2v) is 5.24. The first kappa shape index (κ1) is 13.8. The van der Waals surface area contributed by atoms with Crippen LogP contribution < -0.4 is 5.32 Å². The van der Waals surface area contributed by atoms with Gasteiger partial charge >= 0.3 is 0 Å². The van der Waals surface area contributed by atoms with Crippen LogP contribution in [-0.2, 0) is 7.05 Å². The van der Waals surface area contributed by atoms with Crippen LogP contribution >= 0.6 is 0 Å². The van der Waals surface area contributed by atoms with E-state index in [0.717, 1.165) is 6.54 Å². The zero-order chi connectivity index (χ0) is 14.8. The highest BCUT2D eigenvalue weighted by molar-refractivity contribution is 5.85. The Bertz CT molecular complexity index is 755. The SMILES string of the molecule is CCNC(c1cnn(C)c1C)c1cccc2ccncc12. The molecule has 1 atom stereocenters. The summed E-state index contributed by atoms with van der Waals surface area (Å²) < 4.78 is 1.92. The van der Waals surface area contributed by atoms with Crippen molar-refractivity contribution in [2.45, 2.75) is 19.9 Å². The van der Waals surface area contributed by atoms with Crippen LogP contribution in [0.25, 0.3) is 10.8 Å². The minimum atomic E-state index is 0.136. The van der Waals surface area contributed by atoms with Crippen molar-refractivity contribution in [3.63, 3.8) is 0 Å². The highest BCUT2D eigenvalue weighted by Crippen LogP contribution is 2.29. The number of nitrogens with one attached hydrogen (secondary N) is 1. The molecule has 0 saturated carbocycles. The Morgan fingerprint density at radius 3 is 2.76 bits per heavy atom. The Balaban J connectivity index is 2.18. The fraction of sp³-hybridized carbons (Fsp3) is 0.294. The summed E-state index contributed by atoms with van der Waals surface area (Å²) in [6.45, 7) is 5.13. The van der Waals surface area contributed by atoms with E-state index in [0.29, 0.717) is 0 Å². The number of hydrogen-bond acceptors (Lipinski definition) is 3. The highest BCUT2D eigenvalue weighted by atomic mass is 15.3. The Kier molecular flexibility index (Phi) is 3.71. The average molecular weight is 280 g/mol. The molecule has 3 rings (SSSR count). The lowest BCUT2D eigenvalue weighted by Gasteiger charge is -2.20. The standard InChI is InChI=1S/C17H20N4/c1-4-19-17(15-11-20-21(3)12(15)2)14-7-5-6-13-8-9-18-10-16(13)14/h5-11,17,19H,4H2,1-3H3. The van der Waals surface area contributed by atoms with Gasteiger partial charge in [-0.25, -0.2) is 0 Å². The molecule has 0 aliphatic carbocycles. The molecule has 4 nitrogen and oxygen atoms in total. The molecule has 0 amide bonds. The molecule has 2 heterocycles. The van der Waals surface area contributed by atoms with E-state index < -0.39 is 0 Å². The van der Waals surface area contributed by atoms with E-state index in [1.807, 2.05) is 30.3 Å². The molecular weight excluding hydrogens is 260 g/mol. The third kappa shape index (κ3) is 2.43. The largest absolute Gasteiger partial charge is 0.306 e. The molecule has 1 aromatic carbocycles. The number of aryl methyl sites for hydroxylation is 1. The molecule has 21 heavy (non-hydrogen) atoms. The van der Waals surface area contributed by atoms with Gasteiger partial charge in [0.25, 0.3) is 0 Å². The molecule has 0 spiro atoms. The van der Waals surface area contributed by atoms with Crippen LogP contribution in [0.3, 0.4) is 0 Å². The molecule has 0 radical (unpaired) electrons. The number of hydrogen-bond donors (Lipinski definition) is 1. The normalized spacial score (nSPS) is 12.7. The zero-order valence-electron chi connectivity index (χ0n) is 12.7. The first-order valence-electron chi connectivity index (χ1n) is 7.27. The molecule has 0 bridgehead atoms. The van der Waals surface area contributed by atoms with Gasteiger partial charge in [-0.2, -0.15) is 5.10 Å². The number of fused-ring (bicyclic) bond motifs is 1. The summed E-state index contributed by atoms with van der Waals surface area (Å²) in [7, 11) is 1.98. The van der Waals surface area contributed by atoms with E-state index in [4.69, 9.17) is 0 Å². The number of nitrogens with zero attached hydrogens (tertiary/aromatic N) is 3. The van der Waals surface area contributed by atoms with Gasteiger partial charge in [-0.05, 0) is 30.5 Å². The smallest absolute Gasteiger partial charge is 0.0617 e. The number of pyridine rings is 1. The number of rotatable bonds is 4. The third-order valence-corrected chi connectivity index (χ3v) is 4.02. The van der Waals surface area contributed by atoms with Crippen molar-refractivity contribution in [3.05, 3.63) is 59.7 Å². The second kappa shape index (κ2) is 5.66. The summed E-state index contributed by atoms with van der Waals surface area (Å²) in [6.07, 6.45) is 5.74. The van der Waals surface area contributed by atoms with E-state index in [9.17, 15) is 0 Å². The first-order valence-corrected chi connectivity index (χ1v) is 7.27. The lowest BCUT2D eigenvalue weighted by molar-refractivity contribution is 0.628. The van der Waals surface area contributed by atoms with Gasteiger partial charge in [-0.15, -0.1) is 0 Å². The van der Waals surface area contributed by atoms with Crippen LogP contribution in [0.5, 0.6) is 0 Å². The van der Waals surface area contributed by atoms with Gasteiger partial charge in [-0.3, -0.25) is 9.67 Å². The molecule has 0 aliphatic heterocycles. The van der Waals surface area contributed by atoms with Crippen molar-refractivity contribution in [2.24, 2.45) is 7.05 Å². The lowest BCUT2D eigenvalue weighted by atomic mass is 9.95. The Morgan fingerprint density at radius 2 is 2.05 bits per heavy atom. The van der Waals surface area contributed by atoms with Gasteiger partial charge in [0.15, 0.2) is 0 Å². The minimum absolute atomic E-state index is 0.136. The van der Waals surface area contributed by atoms with Gasteiger partial charge in [0.05, 0.1) is 12.2 Å². The Morgan fingerprint density at radius 1 is 1.19 bits per heavy atom. The third-order valence-electron chi connectivity index (χ3n) is 4.02. The van der Waals surface area contributed by atoms with Gasteiger partial charge in [0.1, 0.15) is 0 Å². The van der Waals surface area contributed by atoms with Crippen molar-refractivity contribution < 1.29 is 0 Å². The van der Waals surface area contributed by atoms with Crippen LogP contribution in [0, 0.1) is 6.92 Å². The predicted molar refractivity (Wildman–Crippen MR) is 85.2 cm³/mol. The molecular formula is C17H20N4. The van der Waals surface area contributed by atoms with Crippen molar-refractivity contribution in [1.29, 1.82) is 0 Å². The van der Waals surface area contributed by atoms with Gasteiger partial charge in [0, 0.05) is 36.1 Å². The van der Waals surface area contributed by atoms with Crippen LogP contribution in [0.15, 0.2) is 42.9 Å². The maximum absolute atomic E-state index is 4.39. The monoisotopic (exact) mass is 280 g/mol. The van der Waals surface area contributed by atoms with E-state index >= 15 is 0 Å². The Hall–Kier alpha value is -2.20. The van der Waals surface area contributed by atoms with Crippen LogP contribution in [0.4, 0.5) is 0 Å². The maximum Gasteiger partial charge on any atom is 0.0617 e. The van der Waals surface area contributed by atoms with Crippen LogP contribution in [0.1, 0.15) is 29.8 Å². The number of benzene rings is 1. The van der Waals surface area contributed by atoms with Gasteiger partial charge in [0.2, 0.25) is 0 Å². The quantitative estimate of drug-likeness (QED) is 0.799. The molecule has 108 valence electrons. The van der Waals surface area contributed by atoms with Crippen LogP contribution in [0.2, 0.25) is 0 Å². The highest BCUT2D eigenvalue weighted by Gasteiger charge is 2.19. The predicted octanol–water partition coefficient (Wildman–Crippen LogP) is 2.98. The topological polar surface area (TPSA) is 42.7 Å². The first-order chi connectivity index (χ1) is 10.2. The van der Waals surface area contributed by atoms with Gasteiger partial charge < -0.3 is 5.32 Å². The zero-order valence-corrected chi connectivity index (χ0v) is 12.7. The summed E-state index contributed by atoms with van der Waals surface area (Å²) in [5.41, 5.74) is 3.65. The molecule has 1 unspecified atom stereocenters. The maximum atomic E-state index is 4.39. The summed E-state index contributed by atoms with van der Waals surface area (Å²) in [5.74, 6) is 0. The van der Waals surface area contributed by atoms with Gasteiger partial charge in [-0.1, -0.05) is 25.1 Å². The lowest BCUT2D eigenvalue weighted by Crippen LogP contribution is -2.22. The van der Waals surface area contributed by atoms with Crippen molar-refractivity contribution in [2.75, 3.05) is 6.54 Å². The summed E-state index contributed by atoms with van der Waals surface area (Å²) >= 11 is 0. The average Bonchev–Trinajstić information content (AvgIpc) is 2.84. The molecule has 4 heteroatoms. The molecule has 2 aromatic heterocycles. The second-order valence-electron chi connectivity index (χ2n) is 5.24. The molecule has 3 aromatic rings. The van der Waals surface area contributed by atoms with E-state index in [1.54, 1.807) is 0 Å². The van der Waals surface area contributed by atoms with Crippen molar-refractivity contribution in [1.82, 2.24) is 20.1 Å². The number of aromatic nitrogens is 3. The van der Waals surface area contributed by atoms with Crippen molar-refractivity contribution in [3.8, 4) is 0 Å². The molecule has 0 aliphatic rings. The Labute approximate surface area is 124 Å².